The Bertz CT molecular complexity index is 3050. The highest BCUT2D eigenvalue weighted by atomic mass is 16.7. The van der Waals surface area contributed by atoms with Crippen molar-refractivity contribution in [2.75, 3.05) is 49.6 Å². The number of methoxy groups -OCH3 is 4. The first-order valence-corrected chi connectivity index (χ1v) is 39.6. The molecule has 642 valence electrons. The highest BCUT2D eigenvalue weighted by Gasteiger charge is 2.59. The monoisotopic (exact) mass is 1590 g/mol. The van der Waals surface area contributed by atoms with E-state index in [1.165, 1.54) is 42.3 Å². The number of Topliss-reactive ketones (excluding diaryl/α,β-unsaturated/α-hetero) is 2. The van der Waals surface area contributed by atoms with Gasteiger partial charge in [0.25, 0.3) is 0 Å². The van der Waals surface area contributed by atoms with E-state index in [4.69, 9.17) is 75.8 Å². The maximum Gasteiger partial charge on any atom is 0.330 e. The summed E-state index contributed by atoms with van der Waals surface area (Å²) < 4.78 is 99.9. The molecule has 2 unspecified atom stereocenters. The molecule has 6 heterocycles. The SMILES string of the molecule is C=CC(=O)OC1[C@H](C)O[C@@H](O[C@H]2[C@H](C)[C@@H](O[C@@H]3O[C@H](C)C[C@H](N(C)C)[C@H]3O)[C@](C)(OC)C[C@@H](C)C(=O)[C@H](C)[C@@H](O)[C@](C)(O)[C@@H](CC)OC(=O)[C@@H]2C)C[C@@]1(C)OC.C=CC(=O)OC1[C@H](C)O[C@@H](O[C@H]2[C@H](C)[C@@H](O[C@@H]3O[C@H](C)C[C@H](NC)[C@H]3O)[C@](C)(OC)C[C@@H](C)C(=O)[C@H](C)[C@@H](O)[C@](C)(O)[C@@H](CC)OC(=O)[C@@H]2C)C[C@@]1(C)OC. The van der Waals surface area contributed by atoms with Crippen LogP contribution >= 0.6 is 0 Å². The van der Waals surface area contributed by atoms with E-state index < -0.39 is 215 Å². The van der Waals surface area contributed by atoms with Crippen LogP contribution in [-0.4, -0.2) is 289 Å². The first-order chi connectivity index (χ1) is 51.5. The number of hydrogen-bond acceptors (Lipinski definition) is 30. The molecule has 6 saturated heterocycles. The molecule has 0 aromatic rings. The van der Waals surface area contributed by atoms with Gasteiger partial charge in [-0.25, -0.2) is 9.59 Å². The number of likely N-dealkylation sites (N-methyl/N-ethyl adjacent to an activating group) is 2. The van der Waals surface area contributed by atoms with Crippen molar-refractivity contribution in [3.05, 3.63) is 25.3 Å². The molecule has 30 nitrogen and oxygen atoms in total. The summed E-state index contributed by atoms with van der Waals surface area (Å²) >= 11 is 0. The number of rotatable bonds is 20. The van der Waals surface area contributed by atoms with Crippen LogP contribution in [0.15, 0.2) is 25.3 Å². The van der Waals surface area contributed by atoms with Gasteiger partial charge in [0.15, 0.2) is 37.4 Å². The average Bonchev–Trinajstić information content (AvgIpc) is 0.774. The summed E-state index contributed by atoms with van der Waals surface area (Å²) in [5.74, 6) is -10.6. The number of nitrogens with one attached hydrogen (secondary N) is 1. The van der Waals surface area contributed by atoms with Crippen LogP contribution in [0.5, 0.6) is 0 Å². The molecule has 0 saturated carbocycles. The van der Waals surface area contributed by atoms with Gasteiger partial charge in [-0.1, -0.05) is 68.5 Å². The third-order valence-electron chi connectivity index (χ3n) is 25.0. The number of nitrogens with zero attached hydrogens (tertiary/aromatic N) is 1. The number of carbonyl (C=O) groups is 6. The van der Waals surface area contributed by atoms with Crippen molar-refractivity contribution in [3.8, 4) is 0 Å². The Morgan fingerprint density at radius 1 is 0.505 bits per heavy atom. The maximum absolute atomic E-state index is 14.3. The number of ketones is 2. The van der Waals surface area contributed by atoms with Gasteiger partial charge in [-0.15, -0.1) is 0 Å². The molecule has 0 spiro atoms. The van der Waals surface area contributed by atoms with Crippen molar-refractivity contribution in [2.45, 2.75) is 358 Å². The van der Waals surface area contributed by atoms with Gasteiger partial charge in [-0.2, -0.15) is 0 Å². The molecular formula is C81H140N2O28. The van der Waals surface area contributed by atoms with Crippen molar-refractivity contribution in [3.63, 3.8) is 0 Å². The fourth-order valence-corrected chi connectivity index (χ4v) is 17.7. The molecule has 36 atom stereocenters. The summed E-state index contributed by atoms with van der Waals surface area (Å²) in [6, 6.07) is -0.660. The zero-order chi connectivity index (χ0) is 84.5. The maximum atomic E-state index is 14.3. The minimum absolute atomic E-state index is 0.0781. The Balaban J connectivity index is 0.000000397. The van der Waals surface area contributed by atoms with E-state index in [0.717, 1.165) is 12.2 Å². The first-order valence-electron chi connectivity index (χ1n) is 39.6. The van der Waals surface area contributed by atoms with E-state index in [-0.39, 0.29) is 74.4 Å². The molecule has 7 N–H and O–H groups in total. The Hall–Kier alpha value is -4.10. The van der Waals surface area contributed by atoms with Crippen LogP contribution in [0.2, 0.25) is 0 Å². The van der Waals surface area contributed by atoms with Crippen LogP contribution in [0.4, 0.5) is 0 Å². The van der Waals surface area contributed by atoms with E-state index in [1.54, 1.807) is 104 Å². The number of hydrogen-bond donors (Lipinski definition) is 7. The highest BCUT2D eigenvalue weighted by molar-refractivity contribution is 5.84. The molecule has 0 amide bonds. The topological polar surface area (TPSA) is 387 Å². The molecule has 0 radical (unpaired) electrons. The van der Waals surface area contributed by atoms with Crippen molar-refractivity contribution in [1.82, 2.24) is 10.2 Å². The summed E-state index contributed by atoms with van der Waals surface area (Å²) in [5, 5.41) is 72.5. The fourth-order valence-electron chi connectivity index (χ4n) is 17.7. The van der Waals surface area contributed by atoms with E-state index >= 15 is 0 Å². The molecule has 0 aromatic heterocycles. The van der Waals surface area contributed by atoms with E-state index in [2.05, 4.69) is 18.5 Å². The molecule has 6 rings (SSSR count). The molecule has 6 fully saturated rings. The first kappa shape index (κ1) is 97.5. The number of ether oxygens (including phenoxy) is 16. The minimum atomic E-state index is -1.99. The van der Waals surface area contributed by atoms with Crippen LogP contribution in [0.1, 0.15) is 190 Å². The van der Waals surface area contributed by atoms with Crippen LogP contribution < -0.4 is 5.32 Å². The third-order valence-corrected chi connectivity index (χ3v) is 25.0. The van der Waals surface area contributed by atoms with Crippen molar-refractivity contribution < 1.29 is 135 Å². The number of cyclic esters (lactones) is 2. The Labute approximate surface area is 658 Å². The lowest BCUT2D eigenvalue weighted by Crippen LogP contribution is -2.61. The summed E-state index contributed by atoms with van der Waals surface area (Å²) in [6.07, 6.45) is -16.0. The van der Waals surface area contributed by atoms with Gasteiger partial charge in [0.05, 0.1) is 84.1 Å². The zero-order valence-electron chi connectivity index (χ0n) is 71.2. The normalized spacial score (nSPS) is 46.4. The number of aliphatic hydroxyl groups is 6. The second kappa shape index (κ2) is 40.4. The van der Waals surface area contributed by atoms with Gasteiger partial charge in [0, 0.05) is 101 Å². The molecule has 6 aliphatic heterocycles. The number of esters is 4. The molecule has 30 heteroatoms. The van der Waals surface area contributed by atoms with Crippen molar-refractivity contribution in [1.29, 1.82) is 0 Å². The molecule has 0 aromatic carbocycles. The van der Waals surface area contributed by atoms with Crippen LogP contribution in [0.25, 0.3) is 0 Å². The third kappa shape index (κ3) is 22.4. The van der Waals surface area contributed by atoms with Gasteiger partial charge in [-0.05, 0) is 143 Å². The van der Waals surface area contributed by atoms with Gasteiger partial charge in [0.2, 0.25) is 0 Å². The second-order valence-corrected chi connectivity index (χ2v) is 33.9. The average molecular weight is 1590 g/mol. The van der Waals surface area contributed by atoms with Crippen LogP contribution in [0.3, 0.4) is 0 Å². The van der Waals surface area contributed by atoms with Crippen LogP contribution in [0, 0.1) is 47.3 Å². The predicted octanol–water partition coefficient (Wildman–Crippen LogP) is 6.01. The summed E-state index contributed by atoms with van der Waals surface area (Å²) in [7, 11) is 11.5. The fraction of sp³-hybridized carbons (Fsp3) is 0.877. The summed E-state index contributed by atoms with van der Waals surface area (Å²) in [6.45, 7) is 40.9. The Kier molecular flexibility index (Phi) is 35.5. The zero-order valence-corrected chi connectivity index (χ0v) is 71.2. The molecule has 111 heavy (non-hydrogen) atoms. The highest BCUT2D eigenvalue weighted by Crippen LogP contribution is 2.46. The van der Waals surface area contributed by atoms with E-state index in [1.807, 2.05) is 46.7 Å². The van der Waals surface area contributed by atoms with Gasteiger partial charge in [0.1, 0.15) is 58.4 Å². The molecule has 6 aliphatic rings. The lowest BCUT2D eigenvalue weighted by molar-refractivity contribution is -0.320. The minimum Gasteiger partial charge on any atom is -0.459 e. The standard InChI is InChI=1S/C41H71NO14.C40H69NO14/c1-16-28-41(11,48)34(46)23(5)31(44)21(3)19-39(9,49-14)35(56-38-32(45)27(42(12)13)18-22(4)51-38)24(6)33(25(7)37(47)53-28)55-30-20-40(10,50-15)36(26(8)52-30)54-29(43)17-2;1-15-27-40(11,47)33(45)22(5)30(43)20(3)18-38(9,48-13)34(55-37-31(44)26(41-12)17-21(4)50-37)23(6)32(24(7)36(46)52-27)54-29-19-39(10,49-14)35(25(8)51-29)53-28(42)16-2/h17,21-28,30,32-36,38,45-46,48H,2,16,18-20H2,1,3-15H3;16,20-27,29,31-35,37,41,44-45,47H,2,15,17-19H2,1,3-14H3/t21-,22-,23+,24+,25-,26+,27+,28-,30+,32-,33+,34-,35-,36?,38+,39-,40-,41-;20-,21-,22+,23+,24-,25+,26+,27-,29+,31-,32+,33-,34-,35?,37+,38-,39-,40-/m11/s1. The summed E-state index contributed by atoms with van der Waals surface area (Å²) in [5.41, 5.74) is -8.72. The summed E-state index contributed by atoms with van der Waals surface area (Å²) in [4.78, 5) is 83.1. The van der Waals surface area contributed by atoms with Gasteiger partial charge >= 0.3 is 23.9 Å². The number of aliphatic hydroxyl groups excluding tert-OH is 4. The largest absolute Gasteiger partial charge is 0.459 e. The van der Waals surface area contributed by atoms with E-state index in [9.17, 15) is 59.4 Å². The Morgan fingerprint density at radius 2 is 0.838 bits per heavy atom. The lowest BCUT2D eigenvalue weighted by atomic mass is 9.73. The molecule has 0 aliphatic carbocycles. The van der Waals surface area contributed by atoms with Gasteiger partial charge in [-0.3, -0.25) is 19.2 Å². The lowest BCUT2D eigenvalue weighted by Gasteiger charge is -2.50. The van der Waals surface area contributed by atoms with Crippen molar-refractivity contribution in [2.24, 2.45) is 47.3 Å². The Morgan fingerprint density at radius 3 is 1.15 bits per heavy atom. The predicted molar refractivity (Wildman–Crippen MR) is 406 cm³/mol. The van der Waals surface area contributed by atoms with Crippen molar-refractivity contribution >= 4 is 35.4 Å². The van der Waals surface area contributed by atoms with Gasteiger partial charge < -0.3 is 117 Å². The second-order valence-electron chi connectivity index (χ2n) is 33.9. The van der Waals surface area contributed by atoms with Crippen LogP contribution in [-0.2, 0) is 105 Å². The molecular weight excluding hydrogens is 1450 g/mol. The molecule has 0 bridgehead atoms. The van der Waals surface area contributed by atoms with E-state index in [0.29, 0.717) is 12.8 Å². The number of carbonyl (C=O) groups excluding carboxylic acids is 6. The smallest absolute Gasteiger partial charge is 0.330 e. The quantitative estimate of drug-likeness (QED) is 0.0417.